The van der Waals surface area contributed by atoms with Gasteiger partial charge in [-0.2, -0.15) is 10.5 Å². The van der Waals surface area contributed by atoms with E-state index in [1.807, 2.05) is 42.7 Å². The third-order valence-corrected chi connectivity index (χ3v) is 3.54. The summed E-state index contributed by atoms with van der Waals surface area (Å²) < 4.78 is 0. The predicted octanol–water partition coefficient (Wildman–Crippen LogP) is 2.29. The Labute approximate surface area is 117 Å². The molecule has 0 bridgehead atoms. The van der Waals surface area contributed by atoms with Gasteiger partial charge in [-0.3, -0.25) is 4.79 Å². The maximum absolute atomic E-state index is 11.0. The van der Waals surface area contributed by atoms with E-state index in [-0.39, 0.29) is 11.8 Å². The van der Waals surface area contributed by atoms with Gasteiger partial charge >= 0.3 is 0 Å². The van der Waals surface area contributed by atoms with Crippen molar-refractivity contribution in [2.24, 2.45) is 5.92 Å². The Kier molecular flexibility index (Phi) is 5.92. The van der Waals surface area contributed by atoms with Gasteiger partial charge in [-0.05, 0) is 24.0 Å². The van der Waals surface area contributed by atoms with Crippen LogP contribution in [-0.2, 0) is 4.79 Å². The van der Waals surface area contributed by atoms with Gasteiger partial charge in [-0.1, -0.05) is 12.1 Å². The van der Waals surface area contributed by atoms with E-state index in [1.54, 1.807) is 11.8 Å². The average Bonchev–Trinajstić information content (AvgIpc) is 2.43. The first-order valence-electron chi connectivity index (χ1n) is 5.80. The van der Waals surface area contributed by atoms with Crippen LogP contribution in [0.1, 0.15) is 18.4 Å². The highest BCUT2D eigenvalue weighted by molar-refractivity contribution is 7.98. The number of carbonyl (C=O) groups is 1. The van der Waals surface area contributed by atoms with Gasteiger partial charge < -0.3 is 5.32 Å². The molecular weight excluding hydrogens is 258 g/mol. The minimum atomic E-state index is -0.771. The lowest BCUT2D eigenvalue weighted by Crippen LogP contribution is -2.29. The molecular formula is C14H15N3OS. The van der Waals surface area contributed by atoms with Crippen LogP contribution < -0.4 is 5.32 Å². The number of nitrogens with zero attached hydrogens (tertiary/aromatic N) is 2. The molecule has 0 saturated carbocycles. The first-order valence-corrected chi connectivity index (χ1v) is 7.02. The van der Waals surface area contributed by atoms with Crippen molar-refractivity contribution < 1.29 is 4.79 Å². The fourth-order valence-electron chi connectivity index (χ4n) is 1.74. The molecule has 1 N–H and O–H groups in total. The Bertz CT molecular complexity index is 499. The van der Waals surface area contributed by atoms with Crippen molar-refractivity contribution in [1.82, 2.24) is 5.32 Å². The van der Waals surface area contributed by atoms with E-state index >= 15 is 0 Å². The molecule has 0 radical (unpaired) electrons. The van der Waals surface area contributed by atoms with E-state index in [1.165, 1.54) is 6.92 Å². The summed E-state index contributed by atoms with van der Waals surface area (Å²) in [5.41, 5.74) is 0.889. The number of carbonyl (C=O) groups excluding carboxylic acids is 1. The van der Waals surface area contributed by atoms with Crippen LogP contribution in [0.25, 0.3) is 0 Å². The molecule has 0 unspecified atom stereocenters. The molecule has 0 heterocycles. The summed E-state index contributed by atoms with van der Waals surface area (Å²) in [6.45, 7) is 1.71. The summed E-state index contributed by atoms with van der Waals surface area (Å²) in [6, 6.07) is 11.7. The first-order chi connectivity index (χ1) is 9.12. The van der Waals surface area contributed by atoms with E-state index < -0.39 is 5.92 Å². The van der Waals surface area contributed by atoms with E-state index in [0.29, 0.717) is 6.54 Å². The van der Waals surface area contributed by atoms with Crippen LogP contribution in [0.2, 0.25) is 0 Å². The summed E-state index contributed by atoms with van der Waals surface area (Å²) >= 11 is 1.63. The molecule has 0 saturated heterocycles. The van der Waals surface area contributed by atoms with E-state index in [9.17, 15) is 4.79 Å². The second-order valence-electron chi connectivity index (χ2n) is 4.05. The van der Waals surface area contributed by atoms with Crippen LogP contribution >= 0.6 is 11.8 Å². The molecule has 0 aliphatic carbocycles. The normalized spacial score (nSPS) is 11.4. The second kappa shape index (κ2) is 7.45. The van der Waals surface area contributed by atoms with E-state index in [2.05, 4.69) is 5.32 Å². The Morgan fingerprint density at radius 1 is 1.32 bits per heavy atom. The molecule has 0 spiro atoms. The second-order valence-corrected chi connectivity index (χ2v) is 4.93. The van der Waals surface area contributed by atoms with Crippen LogP contribution in [0.3, 0.4) is 0 Å². The molecule has 1 aromatic carbocycles. The van der Waals surface area contributed by atoms with Gasteiger partial charge in [0.15, 0.2) is 0 Å². The van der Waals surface area contributed by atoms with Gasteiger partial charge in [0, 0.05) is 24.3 Å². The lowest BCUT2D eigenvalue weighted by Gasteiger charge is -2.18. The fraction of sp³-hybridized carbons (Fsp3) is 0.357. The Hall–Kier alpha value is -1.98. The highest BCUT2D eigenvalue weighted by Crippen LogP contribution is 2.25. The highest BCUT2D eigenvalue weighted by atomic mass is 32.2. The lowest BCUT2D eigenvalue weighted by atomic mass is 9.87. The Morgan fingerprint density at radius 3 is 2.32 bits per heavy atom. The molecule has 0 fully saturated rings. The average molecular weight is 273 g/mol. The number of thioether (sulfide) groups is 1. The zero-order chi connectivity index (χ0) is 14.3. The number of nitriles is 2. The number of hydrogen-bond donors (Lipinski definition) is 1. The van der Waals surface area contributed by atoms with Crippen LogP contribution in [0.5, 0.6) is 0 Å². The molecule has 19 heavy (non-hydrogen) atoms. The molecule has 1 atom stereocenters. The number of benzene rings is 1. The lowest BCUT2D eigenvalue weighted by molar-refractivity contribution is -0.119. The minimum absolute atomic E-state index is 0.166. The monoisotopic (exact) mass is 273 g/mol. The molecule has 1 rings (SSSR count). The maximum Gasteiger partial charge on any atom is 0.216 e. The van der Waals surface area contributed by atoms with Gasteiger partial charge in [0.2, 0.25) is 5.91 Å². The summed E-state index contributed by atoms with van der Waals surface area (Å²) in [5, 5.41) is 20.7. The molecule has 1 aromatic rings. The number of nitrogens with one attached hydrogen (secondary N) is 1. The SMILES string of the molecule is CSc1ccc([C@@H](CNC(C)=O)C(C#N)C#N)cc1. The van der Waals surface area contributed by atoms with Gasteiger partial charge in [-0.25, -0.2) is 0 Å². The first kappa shape index (κ1) is 15.1. The van der Waals surface area contributed by atoms with Crippen molar-refractivity contribution in [3.05, 3.63) is 29.8 Å². The van der Waals surface area contributed by atoms with Crippen molar-refractivity contribution in [2.75, 3.05) is 12.8 Å². The predicted molar refractivity (Wildman–Crippen MR) is 74.4 cm³/mol. The third kappa shape index (κ3) is 4.31. The summed E-state index contributed by atoms with van der Waals surface area (Å²) in [7, 11) is 0. The molecule has 0 aromatic heterocycles. The number of amides is 1. The standard InChI is InChI=1S/C14H15N3OS/c1-10(18)17-9-14(12(7-15)8-16)11-3-5-13(19-2)6-4-11/h3-6,12,14H,9H2,1-2H3,(H,17,18)/t14-/m1/s1. The van der Waals surface area contributed by atoms with Crippen molar-refractivity contribution in [2.45, 2.75) is 17.7 Å². The molecule has 0 aliphatic rings. The fourth-order valence-corrected chi connectivity index (χ4v) is 2.15. The maximum atomic E-state index is 11.0. The molecule has 0 aliphatic heterocycles. The van der Waals surface area contributed by atoms with Crippen molar-refractivity contribution >= 4 is 17.7 Å². The third-order valence-electron chi connectivity index (χ3n) is 2.80. The highest BCUT2D eigenvalue weighted by Gasteiger charge is 2.23. The number of rotatable bonds is 5. The minimum Gasteiger partial charge on any atom is -0.356 e. The van der Waals surface area contributed by atoms with Gasteiger partial charge in [0.25, 0.3) is 0 Å². The zero-order valence-electron chi connectivity index (χ0n) is 10.9. The summed E-state index contributed by atoms with van der Waals surface area (Å²) in [5.74, 6) is -1.25. The molecule has 1 amide bonds. The quantitative estimate of drug-likeness (QED) is 0.835. The van der Waals surface area contributed by atoms with Crippen LogP contribution in [0, 0.1) is 28.6 Å². The summed E-state index contributed by atoms with van der Waals surface area (Å²) in [4.78, 5) is 12.1. The van der Waals surface area contributed by atoms with Gasteiger partial charge in [-0.15, -0.1) is 11.8 Å². The zero-order valence-corrected chi connectivity index (χ0v) is 11.7. The molecule has 98 valence electrons. The van der Waals surface area contributed by atoms with Gasteiger partial charge in [0.1, 0.15) is 5.92 Å². The van der Waals surface area contributed by atoms with E-state index in [0.717, 1.165) is 10.5 Å². The largest absolute Gasteiger partial charge is 0.356 e. The van der Waals surface area contributed by atoms with Crippen molar-refractivity contribution in [3.8, 4) is 12.1 Å². The van der Waals surface area contributed by atoms with E-state index in [4.69, 9.17) is 10.5 Å². The Morgan fingerprint density at radius 2 is 1.89 bits per heavy atom. The number of hydrogen-bond acceptors (Lipinski definition) is 4. The Balaban J connectivity index is 2.97. The summed E-state index contributed by atoms with van der Waals surface area (Å²) in [6.07, 6.45) is 1.98. The van der Waals surface area contributed by atoms with Crippen molar-refractivity contribution in [3.63, 3.8) is 0 Å². The van der Waals surface area contributed by atoms with Crippen LogP contribution in [-0.4, -0.2) is 18.7 Å². The van der Waals surface area contributed by atoms with Crippen LogP contribution in [0.4, 0.5) is 0 Å². The molecule has 5 heteroatoms. The smallest absolute Gasteiger partial charge is 0.216 e. The van der Waals surface area contributed by atoms with Crippen LogP contribution in [0.15, 0.2) is 29.2 Å². The van der Waals surface area contributed by atoms with Crippen molar-refractivity contribution in [1.29, 1.82) is 10.5 Å². The topological polar surface area (TPSA) is 76.7 Å². The molecule has 4 nitrogen and oxygen atoms in total. The van der Waals surface area contributed by atoms with Gasteiger partial charge in [0.05, 0.1) is 12.1 Å².